The lowest BCUT2D eigenvalue weighted by molar-refractivity contribution is -0.138. The Hall–Kier alpha value is -2.50. The Labute approximate surface area is 125 Å². The molecule has 2 aromatic rings. The summed E-state index contributed by atoms with van der Waals surface area (Å²) in [6.45, 7) is 1.37. The second-order valence-electron chi connectivity index (χ2n) is 4.71. The molecule has 0 aliphatic rings. The number of carbonyl (C=O) groups is 1. The standard InChI is InChI=1S/C16H14F3NO2/c1-10-3-6-12(9-14(10)16(17,18)19)20-15(21)11-4-7-13(22-2)8-5-11/h3-9H,1-2H3,(H,20,21). The minimum Gasteiger partial charge on any atom is -0.497 e. The molecule has 3 nitrogen and oxygen atoms in total. The maximum atomic E-state index is 12.8. The van der Waals surface area contributed by atoms with Gasteiger partial charge in [-0.2, -0.15) is 13.2 Å². The second-order valence-corrected chi connectivity index (χ2v) is 4.71. The predicted octanol–water partition coefficient (Wildman–Crippen LogP) is 4.27. The molecule has 0 radical (unpaired) electrons. The first-order valence-electron chi connectivity index (χ1n) is 6.44. The van der Waals surface area contributed by atoms with Crippen molar-refractivity contribution in [2.75, 3.05) is 12.4 Å². The van der Waals surface area contributed by atoms with Crippen LogP contribution in [0.15, 0.2) is 42.5 Å². The van der Waals surface area contributed by atoms with Crippen LogP contribution in [0.25, 0.3) is 0 Å². The molecule has 0 spiro atoms. The third-order valence-electron chi connectivity index (χ3n) is 3.15. The fourth-order valence-electron chi connectivity index (χ4n) is 1.95. The molecule has 0 aliphatic carbocycles. The van der Waals surface area contributed by atoms with Crippen LogP contribution in [-0.2, 0) is 6.18 Å². The summed E-state index contributed by atoms with van der Waals surface area (Å²) in [5.41, 5.74) is -0.233. The molecule has 6 heteroatoms. The molecule has 0 unspecified atom stereocenters. The van der Waals surface area contributed by atoms with Gasteiger partial charge in [0.15, 0.2) is 0 Å². The molecular formula is C16H14F3NO2. The van der Waals surface area contributed by atoms with Crippen molar-refractivity contribution in [1.29, 1.82) is 0 Å². The van der Waals surface area contributed by atoms with Crippen LogP contribution in [0.4, 0.5) is 18.9 Å². The average molecular weight is 309 g/mol. The first kappa shape index (κ1) is 15.9. The summed E-state index contributed by atoms with van der Waals surface area (Å²) in [5.74, 6) is 0.103. The lowest BCUT2D eigenvalue weighted by atomic mass is 10.1. The number of halogens is 3. The van der Waals surface area contributed by atoms with Crippen LogP contribution < -0.4 is 10.1 Å². The Bertz CT molecular complexity index is 679. The number of amides is 1. The van der Waals surface area contributed by atoms with Crippen LogP contribution in [0.3, 0.4) is 0 Å². The maximum Gasteiger partial charge on any atom is 0.416 e. The highest BCUT2D eigenvalue weighted by molar-refractivity contribution is 6.04. The Morgan fingerprint density at radius 1 is 1.09 bits per heavy atom. The smallest absolute Gasteiger partial charge is 0.416 e. The van der Waals surface area contributed by atoms with Crippen molar-refractivity contribution in [1.82, 2.24) is 0 Å². The van der Waals surface area contributed by atoms with Gasteiger partial charge >= 0.3 is 6.18 Å². The van der Waals surface area contributed by atoms with E-state index in [1.807, 2.05) is 0 Å². The Morgan fingerprint density at radius 3 is 2.27 bits per heavy atom. The molecule has 1 amide bonds. The normalized spacial score (nSPS) is 11.1. The van der Waals surface area contributed by atoms with Gasteiger partial charge < -0.3 is 10.1 Å². The largest absolute Gasteiger partial charge is 0.497 e. The number of rotatable bonds is 3. The summed E-state index contributed by atoms with van der Waals surface area (Å²) in [4.78, 5) is 12.0. The molecule has 0 atom stereocenters. The number of benzene rings is 2. The maximum absolute atomic E-state index is 12.8. The minimum absolute atomic E-state index is 0.0961. The Morgan fingerprint density at radius 2 is 1.73 bits per heavy atom. The van der Waals surface area contributed by atoms with Crippen molar-refractivity contribution < 1.29 is 22.7 Å². The van der Waals surface area contributed by atoms with E-state index in [1.165, 1.54) is 38.3 Å². The number of carbonyl (C=O) groups excluding carboxylic acids is 1. The fraction of sp³-hybridized carbons (Fsp3) is 0.188. The number of ether oxygens (including phenoxy) is 1. The third kappa shape index (κ3) is 3.58. The van der Waals surface area contributed by atoms with Crippen molar-refractivity contribution in [3.05, 3.63) is 59.2 Å². The molecule has 1 N–H and O–H groups in total. The van der Waals surface area contributed by atoms with Gasteiger partial charge in [0.25, 0.3) is 5.91 Å². The van der Waals surface area contributed by atoms with Crippen LogP contribution >= 0.6 is 0 Å². The van der Waals surface area contributed by atoms with Gasteiger partial charge in [0.05, 0.1) is 12.7 Å². The van der Waals surface area contributed by atoms with E-state index in [-0.39, 0.29) is 11.3 Å². The first-order chi connectivity index (χ1) is 10.3. The van der Waals surface area contributed by atoms with Gasteiger partial charge in [-0.05, 0) is 48.9 Å². The van der Waals surface area contributed by atoms with Gasteiger partial charge in [0.2, 0.25) is 0 Å². The SMILES string of the molecule is COc1ccc(C(=O)Nc2ccc(C)c(C(F)(F)F)c2)cc1. The molecule has 22 heavy (non-hydrogen) atoms. The topological polar surface area (TPSA) is 38.3 Å². The Balaban J connectivity index is 2.21. The van der Waals surface area contributed by atoms with E-state index in [4.69, 9.17) is 4.74 Å². The quantitative estimate of drug-likeness (QED) is 0.919. The Kier molecular flexibility index (Phi) is 4.40. The van der Waals surface area contributed by atoms with Gasteiger partial charge in [0, 0.05) is 11.3 Å². The minimum atomic E-state index is -4.45. The lowest BCUT2D eigenvalue weighted by Crippen LogP contribution is -2.14. The molecule has 0 bridgehead atoms. The number of methoxy groups -OCH3 is 1. The fourth-order valence-corrected chi connectivity index (χ4v) is 1.95. The molecule has 2 aromatic carbocycles. The third-order valence-corrected chi connectivity index (χ3v) is 3.15. The van der Waals surface area contributed by atoms with Crippen molar-refractivity contribution >= 4 is 11.6 Å². The van der Waals surface area contributed by atoms with E-state index in [2.05, 4.69) is 5.32 Å². The number of anilines is 1. The van der Waals surface area contributed by atoms with Crippen LogP contribution in [0, 0.1) is 6.92 Å². The molecule has 0 fully saturated rings. The second kappa shape index (κ2) is 6.09. The van der Waals surface area contributed by atoms with Crippen molar-refractivity contribution in [2.24, 2.45) is 0 Å². The molecule has 0 aliphatic heterocycles. The summed E-state index contributed by atoms with van der Waals surface area (Å²) in [6.07, 6.45) is -4.45. The number of hydrogen-bond acceptors (Lipinski definition) is 2. The monoisotopic (exact) mass is 309 g/mol. The molecule has 0 saturated carbocycles. The number of nitrogens with one attached hydrogen (secondary N) is 1. The zero-order chi connectivity index (χ0) is 16.3. The highest BCUT2D eigenvalue weighted by Gasteiger charge is 2.32. The lowest BCUT2D eigenvalue weighted by Gasteiger charge is -2.13. The molecule has 0 aromatic heterocycles. The van der Waals surface area contributed by atoms with E-state index >= 15 is 0 Å². The summed E-state index contributed by atoms with van der Waals surface area (Å²) in [5, 5.41) is 2.46. The zero-order valence-corrected chi connectivity index (χ0v) is 12.0. The molecule has 0 heterocycles. The summed E-state index contributed by atoms with van der Waals surface area (Å²) in [7, 11) is 1.50. The summed E-state index contributed by atoms with van der Waals surface area (Å²) in [6, 6.07) is 9.96. The van der Waals surface area contributed by atoms with Crippen molar-refractivity contribution in [3.8, 4) is 5.75 Å². The van der Waals surface area contributed by atoms with Gasteiger partial charge in [-0.15, -0.1) is 0 Å². The van der Waals surface area contributed by atoms with Gasteiger partial charge in [-0.3, -0.25) is 4.79 Å². The van der Waals surface area contributed by atoms with Gasteiger partial charge in [-0.1, -0.05) is 6.07 Å². The summed E-state index contributed by atoms with van der Waals surface area (Å²) >= 11 is 0. The van der Waals surface area contributed by atoms with Crippen LogP contribution in [0.1, 0.15) is 21.5 Å². The average Bonchev–Trinajstić information content (AvgIpc) is 2.48. The van der Waals surface area contributed by atoms with E-state index in [9.17, 15) is 18.0 Å². The number of aryl methyl sites for hydroxylation is 1. The number of hydrogen-bond donors (Lipinski definition) is 1. The van der Waals surface area contributed by atoms with E-state index < -0.39 is 17.6 Å². The van der Waals surface area contributed by atoms with Gasteiger partial charge in [-0.25, -0.2) is 0 Å². The van der Waals surface area contributed by atoms with Crippen molar-refractivity contribution in [2.45, 2.75) is 13.1 Å². The van der Waals surface area contributed by atoms with E-state index in [1.54, 1.807) is 12.1 Å². The van der Waals surface area contributed by atoms with E-state index in [0.717, 1.165) is 6.07 Å². The molecule has 116 valence electrons. The highest BCUT2D eigenvalue weighted by Crippen LogP contribution is 2.33. The van der Waals surface area contributed by atoms with Crippen LogP contribution in [-0.4, -0.2) is 13.0 Å². The molecule has 2 rings (SSSR count). The van der Waals surface area contributed by atoms with Crippen LogP contribution in [0.2, 0.25) is 0 Å². The first-order valence-corrected chi connectivity index (χ1v) is 6.44. The van der Waals surface area contributed by atoms with Crippen LogP contribution in [0.5, 0.6) is 5.75 Å². The molecular weight excluding hydrogens is 295 g/mol. The highest BCUT2D eigenvalue weighted by atomic mass is 19.4. The predicted molar refractivity (Wildman–Crippen MR) is 77.1 cm³/mol. The van der Waals surface area contributed by atoms with Gasteiger partial charge in [0.1, 0.15) is 5.75 Å². The summed E-state index contributed by atoms with van der Waals surface area (Å²) < 4.78 is 43.5. The number of alkyl halides is 3. The van der Waals surface area contributed by atoms with Crippen molar-refractivity contribution in [3.63, 3.8) is 0 Å². The zero-order valence-electron chi connectivity index (χ0n) is 12.0. The van der Waals surface area contributed by atoms with E-state index in [0.29, 0.717) is 11.3 Å². The molecule has 0 saturated heterocycles.